The summed E-state index contributed by atoms with van der Waals surface area (Å²) >= 11 is 0. The summed E-state index contributed by atoms with van der Waals surface area (Å²) in [6, 6.07) is 86.7. The summed E-state index contributed by atoms with van der Waals surface area (Å²) in [4.78, 5) is 0. The zero-order chi connectivity index (χ0) is 43.0. The monoisotopic (exact) mass is 830 g/mol. The summed E-state index contributed by atoms with van der Waals surface area (Å²) in [5.41, 5.74) is 9.84. The highest BCUT2D eigenvalue weighted by molar-refractivity contribution is 6.46. The van der Waals surface area contributed by atoms with Crippen LogP contribution in [0.2, 0.25) is 0 Å². The second kappa shape index (κ2) is 13.5. The Bertz CT molecular complexity index is 4450. The van der Waals surface area contributed by atoms with E-state index in [0.29, 0.717) is 0 Å². The van der Waals surface area contributed by atoms with Gasteiger partial charge in [0.05, 0.1) is 0 Å². The first-order valence-corrected chi connectivity index (χ1v) is 23.1. The number of hydrogen-bond acceptors (Lipinski definition) is 0. The summed E-state index contributed by atoms with van der Waals surface area (Å²) in [6.45, 7) is 0. The van der Waals surface area contributed by atoms with E-state index in [1.807, 2.05) is 0 Å². The van der Waals surface area contributed by atoms with Gasteiger partial charge in [-0.3, -0.25) is 0 Å². The van der Waals surface area contributed by atoms with Crippen molar-refractivity contribution in [2.45, 2.75) is 0 Å². The van der Waals surface area contributed by atoms with Crippen LogP contribution in [-0.4, -0.2) is 0 Å². The van der Waals surface area contributed by atoms with Crippen LogP contribution in [-0.2, 0) is 0 Å². The maximum atomic E-state index is 2.58. The molecule has 0 heterocycles. The minimum Gasteiger partial charge on any atom is -0.0622 e. The molecule has 15 aromatic rings. The number of benzene rings is 13. The molecular weight excluding hydrogens is 793 g/mol. The predicted molar refractivity (Wildman–Crippen MR) is 286 cm³/mol. The SMILES string of the molecule is c1ccc(-c2c(-c3ccccc3)c(-c3ccccc3)c3c(ccc4cc5c(cc6c7cc8ccc9ccccc9c8c7cc7c8cccc9cccc(c98)c5c67)c43)c2-c2ccccc2)cc1. The van der Waals surface area contributed by atoms with Crippen LogP contribution in [0.15, 0.2) is 231 Å². The Hall–Kier alpha value is -8.58. The van der Waals surface area contributed by atoms with Crippen LogP contribution in [0.25, 0.3) is 152 Å². The molecule has 0 N–H and O–H groups in total. The van der Waals surface area contributed by atoms with Gasteiger partial charge in [-0.2, -0.15) is 0 Å². The minimum absolute atomic E-state index is 1.20. The Balaban J connectivity index is 1.24. The fraction of sp³-hybridized carbons (Fsp3) is 0. The quantitative estimate of drug-likeness (QED) is 0.122. The van der Waals surface area contributed by atoms with Gasteiger partial charge in [0.25, 0.3) is 0 Å². The Morgan fingerprint density at radius 1 is 0.152 bits per heavy atom. The maximum absolute atomic E-state index is 2.58. The van der Waals surface area contributed by atoms with E-state index in [0.717, 1.165) is 0 Å². The van der Waals surface area contributed by atoms with Crippen LogP contribution in [0.4, 0.5) is 0 Å². The van der Waals surface area contributed by atoms with Gasteiger partial charge in [-0.15, -0.1) is 0 Å². The van der Waals surface area contributed by atoms with Crippen LogP contribution in [0.1, 0.15) is 0 Å². The molecule has 0 aromatic heterocycles. The molecule has 0 atom stereocenters. The fourth-order valence-electron chi connectivity index (χ4n) is 12.2. The van der Waals surface area contributed by atoms with Crippen molar-refractivity contribution >= 4 is 108 Å². The third-order valence-corrected chi connectivity index (χ3v) is 14.8. The fourth-order valence-corrected chi connectivity index (χ4v) is 12.2. The molecule has 302 valence electrons. The average molecular weight is 831 g/mol. The lowest BCUT2D eigenvalue weighted by Crippen LogP contribution is -1.98. The van der Waals surface area contributed by atoms with Gasteiger partial charge < -0.3 is 0 Å². The predicted octanol–water partition coefficient (Wildman–Crippen LogP) is 18.8. The van der Waals surface area contributed by atoms with Gasteiger partial charge in [0.1, 0.15) is 0 Å². The molecule has 0 spiro atoms. The van der Waals surface area contributed by atoms with Gasteiger partial charge >= 0.3 is 0 Å². The molecular formula is C66H38. The molecule has 0 bridgehead atoms. The van der Waals surface area contributed by atoms with Crippen LogP contribution in [0.5, 0.6) is 0 Å². The Morgan fingerprint density at radius 2 is 0.561 bits per heavy atom. The van der Waals surface area contributed by atoms with Crippen molar-refractivity contribution in [3.05, 3.63) is 231 Å². The van der Waals surface area contributed by atoms with E-state index >= 15 is 0 Å². The molecule has 0 aliphatic rings. The van der Waals surface area contributed by atoms with Crippen molar-refractivity contribution in [2.75, 3.05) is 0 Å². The topological polar surface area (TPSA) is 0 Å². The number of fused-ring (bicyclic) bond motifs is 14. The van der Waals surface area contributed by atoms with Crippen molar-refractivity contribution in [1.29, 1.82) is 0 Å². The first-order valence-electron chi connectivity index (χ1n) is 23.1. The molecule has 15 aromatic carbocycles. The van der Waals surface area contributed by atoms with Gasteiger partial charge in [-0.25, -0.2) is 0 Å². The van der Waals surface area contributed by atoms with Crippen LogP contribution >= 0.6 is 0 Å². The lowest BCUT2D eigenvalue weighted by Gasteiger charge is -2.25. The Labute approximate surface area is 380 Å². The van der Waals surface area contributed by atoms with Crippen LogP contribution in [0.3, 0.4) is 0 Å². The van der Waals surface area contributed by atoms with E-state index in [1.54, 1.807) is 0 Å². The maximum Gasteiger partial charge on any atom is -0.000762 e. The molecule has 0 aliphatic carbocycles. The highest BCUT2D eigenvalue weighted by Gasteiger charge is 2.28. The van der Waals surface area contributed by atoms with Gasteiger partial charge in [0, 0.05) is 0 Å². The van der Waals surface area contributed by atoms with Crippen molar-refractivity contribution in [3.63, 3.8) is 0 Å². The third-order valence-electron chi connectivity index (χ3n) is 14.8. The van der Waals surface area contributed by atoms with E-state index < -0.39 is 0 Å². The summed E-state index contributed by atoms with van der Waals surface area (Å²) in [5.74, 6) is 0. The van der Waals surface area contributed by atoms with E-state index in [4.69, 9.17) is 0 Å². The standard InChI is InChI=1S/C66H38/c1-5-18-41(19-6-1)59-50-34-33-46-36-52-56(60(46)66(50)63(44-24-11-4-12-25-44)62(43-22-9-3-10-23-43)61(59)42-20-7-2-8-21-42)38-55-51-35-45-32-31-39-17-13-14-28-47(39)58(45)54(51)37-53-48-29-15-26-40-27-16-30-49(57(40)48)64(52)65(53)55/h1-38H. The summed E-state index contributed by atoms with van der Waals surface area (Å²) in [5, 5.41) is 26.1. The first-order chi connectivity index (χ1) is 32.8. The molecule has 0 aliphatic heterocycles. The highest BCUT2D eigenvalue weighted by Crippen LogP contribution is 2.56. The second-order valence-corrected chi connectivity index (χ2v) is 18.2. The lowest BCUT2D eigenvalue weighted by molar-refractivity contribution is 1.57. The van der Waals surface area contributed by atoms with Gasteiger partial charge in [0.15, 0.2) is 0 Å². The lowest BCUT2D eigenvalue weighted by atomic mass is 9.78. The molecule has 0 unspecified atom stereocenters. The van der Waals surface area contributed by atoms with Crippen molar-refractivity contribution in [2.24, 2.45) is 0 Å². The Morgan fingerprint density at radius 3 is 1.24 bits per heavy atom. The van der Waals surface area contributed by atoms with E-state index in [-0.39, 0.29) is 0 Å². The largest absolute Gasteiger partial charge is 0.0622 e. The summed E-state index contributed by atoms with van der Waals surface area (Å²) < 4.78 is 0. The van der Waals surface area contributed by atoms with Gasteiger partial charge in [-0.05, 0) is 176 Å². The van der Waals surface area contributed by atoms with E-state index in [9.17, 15) is 0 Å². The Kier molecular flexibility index (Phi) is 7.31. The molecule has 0 nitrogen and oxygen atoms in total. The first kappa shape index (κ1) is 35.8. The van der Waals surface area contributed by atoms with Crippen molar-refractivity contribution < 1.29 is 0 Å². The summed E-state index contributed by atoms with van der Waals surface area (Å²) in [7, 11) is 0. The van der Waals surface area contributed by atoms with Gasteiger partial charge in [0.2, 0.25) is 0 Å². The molecule has 0 fully saturated rings. The molecule has 0 saturated carbocycles. The van der Waals surface area contributed by atoms with E-state index in [2.05, 4.69) is 231 Å². The van der Waals surface area contributed by atoms with Gasteiger partial charge in [-0.1, -0.05) is 206 Å². The molecule has 0 heteroatoms. The van der Waals surface area contributed by atoms with Crippen LogP contribution < -0.4 is 0 Å². The highest BCUT2D eigenvalue weighted by atomic mass is 14.3. The van der Waals surface area contributed by atoms with Crippen molar-refractivity contribution in [1.82, 2.24) is 0 Å². The minimum atomic E-state index is 1.20. The van der Waals surface area contributed by atoms with Crippen molar-refractivity contribution in [3.8, 4) is 44.5 Å². The van der Waals surface area contributed by atoms with Crippen LogP contribution in [0, 0.1) is 0 Å². The smallest absolute Gasteiger partial charge is 0.000762 e. The number of rotatable bonds is 4. The molecule has 66 heavy (non-hydrogen) atoms. The third kappa shape index (κ3) is 4.83. The molecule has 15 rings (SSSR count). The molecule has 0 amide bonds. The zero-order valence-electron chi connectivity index (χ0n) is 35.9. The second-order valence-electron chi connectivity index (χ2n) is 18.2. The zero-order valence-corrected chi connectivity index (χ0v) is 35.9. The molecule has 0 saturated heterocycles. The van der Waals surface area contributed by atoms with E-state index in [1.165, 1.54) is 152 Å². The average Bonchev–Trinajstić information content (AvgIpc) is 3.96. The molecule has 0 radical (unpaired) electrons. The number of hydrogen-bond donors (Lipinski definition) is 0. The normalized spacial score (nSPS) is 12.2. The summed E-state index contributed by atoms with van der Waals surface area (Å²) in [6.07, 6.45) is 0.